The number of carbonyl (C=O) groups is 1. The molecule has 0 spiro atoms. The molecule has 126 valence electrons. The molecule has 3 rings (SSSR count). The number of ether oxygens (including phenoxy) is 2. The first-order valence-electron chi connectivity index (χ1n) is 7.81. The van der Waals surface area contributed by atoms with Gasteiger partial charge in [0.25, 0.3) is 0 Å². The lowest BCUT2D eigenvalue weighted by Crippen LogP contribution is -2.12. The predicted octanol–water partition coefficient (Wildman–Crippen LogP) is 4.39. The molecule has 0 radical (unpaired) electrons. The van der Waals surface area contributed by atoms with E-state index in [2.05, 4.69) is 11.3 Å². The fourth-order valence-electron chi connectivity index (χ4n) is 2.59. The van der Waals surface area contributed by atoms with Gasteiger partial charge in [-0.15, -0.1) is 0 Å². The van der Waals surface area contributed by atoms with Gasteiger partial charge in [-0.2, -0.15) is 0 Å². The van der Waals surface area contributed by atoms with Gasteiger partial charge in [0.15, 0.2) is 0 Å². The molecule has 0 fully saturated rings. The van der Waals surface area contributed by atoms with Crippen LogP contribution in [0.25, 0.3) is 10.8 Å². The number of hydrogen-bond acceptors (Lipinski definition) is 4. The highest BCUT2D eigenvalue weighted by Gasteiger charge is 2.22. The van der Waals surface area contributed by atoms with E-state index < -0.39 is 12.1 Å². The first-order chi connectivity index (χ1) is 12.1. The van der Waals surface area contributed by atoms with Crippen molar-refractivity contribution in [3.05, 3.63) is 84.4 Å². The Kier molecular flexibility index (Phi) is 4.82. The summed E-state index contributed by atoms with van der Waals surface area (Å²) in [6, 6.07) is 20.7. The van der Waals surface area contributed by atoms with Crippen LogP contribution >= 0.6 is 0 Å². The number of esters is 1. The van der Waals surface area contributed by atoms with Crippen molar-refractivity contribution in [1.82, 2.24) is 0 Å². The second-order valence-corrected chi connectivity index (χ2v) is 5.57. The Hall–Kier alpha value is -3.11. The molecule has 1 atom stereocenters. The van der Waals surface area contributed by atoms with E-state index in [0.717, 1.165) is 10.8 Å². The zero-order valence-corrected chi connectivity index (χ0v) is 13.8. The van der Waals surface area contributed by atoms with Gasteiger partial charge in [-0.05, 0) is 29.0 Å². The Morgan fingerprint density at radius 1 is 1.00 bits per heavy atom. The van der Waals surface area contributed by atoms with E-state index in [1.807, 2.05) is 42.5 Å². The van der Waals surface area contributed by atoms with Crippen LogP contribution in [0, 0.1) is 0 Å². The molecular weight excluding hydrogens is 316 g/mol. The fourth-order valence-corrected chi connectivity index (χ4v) is 2.59. The minimum Gasteiger partial charge on any atom is -0.466 e. The highest BCUT2D eigenvalue weighted by Crippen LogP contribution is 2.33. The van der Waals surface area contributed by atoms with Crippen LogP contribution in [-0.2, 0) is 9.53 Å². The van der Waals surface area contributed by atoms with Crippen molar-refractivity contribution in [2.75, 3.05) is 7.11 Å². The smallest absolute Gasteiger partial charge is 0.336 e. The average Bonchev–Trinajstić information content (AvgIpc) is 2.66. The highest BCUT2D eigenvalue weighted by atomic mass is 16.5. The Balaban J connectivity index is 1.92. The molecule has 0 bridgehead atoms. The number of benzene rings is 3. The van der Waals surface area contributed by atoms with Crippen molar-refractivity contribution in [1.29, 1.82) is 0 Å². The summed E-state index contributed by atoms with van der Waals surface area (Å²) in [5.41, 5.74) is 0.406. The number of methoxy groups -OCH3 is 1. The summed E-state index contributed by atoms with van der Waals surface area (Å²) in [4.78, 5) is 11.6. The van der Waals surface area contributed by atoms with E-state index in [-0.39, 0.29) is 5.57 Å². The molecule has 0 aliphatic heterocycles. The monoisotopic (exact) mass is 334 g/mol. The van der Waals surface area contributed by atoms with Crippen molar-refractivity contribution >= 4 is 16.7 Å². The van der Waals surface area contributed by atoms with E-state index in [1.54, 1.807) is 24.3 Å². The molecule has 4 heteroatoms. The van der Waals surface area contributed by atoms with Gasteiger partial charge in [0.05, 0.1) is 12.7 Å². The number of para-hydroxylation sites is 1. The molecule has 25 heavy (non-hydrogen) atoms. The molecular formula is C21H18O4. The SMILES string of the molecule is C=C(C(=O)OC)C(O)c1ccccc1Oc1ccc2ccccc2c1. The van der Waals surface area contributed by atoms with E-state index in [4.69, 9.17) is 4.74 Å². The van der Waals surface area contributed by atoms with Gasteiger partial charge < -0.3 is 14.6 Å². The van der Waals surface area contributed by atoms with Crippen LogP contribution in [0.5, 0.6) is 11.5 Å². The second kappa shape index (κ2) is 7.20. The third-order valence-electron chi connectivity index (χ3n) is 3.94. The number of aliphatic hydroxyl groups excluding tert-OH is 1. The Labute approximate surface area is 145 Å². The van der Waals surface area contributed by atoms with Gasteiger partial charge >= 0.3 is 5.97 Å². The number of hydrogen-bond donors (Lipinski definition) is 1. The van der Waals surface area contributed by atoms with Gasteiger partial charge in [0.2, 0.25) is 0 Å². The lowest BCUT2D eigenvalue weighted by Gasteiger charge is -2.17. The van der Waals surface area contributed by atoms with E-state index in [1.165, 1.54) is 7.11 Å². The van der Waals surface area contributed by atoms with Gasteiger partial charge in [-0.1, -0.05) is 55.1 Å². The van der Waals surface area contributed by atoms with Crippen molar-refractivity contribution in [3.63, 3.8) is 0 Å². The maximum absolute atomic E-state index is 11.6. The summed E-state index contributed by atoms with van der Waals surface area (Å²) in [5, 5.41) is 12.6. The molecule has 4 nitrogen and oxygen atoms in total. The van der Waals surface area contributed by atoms with E-state index in [0.29, 0.717) is 17.1 Å². The van der Waals surface area contributed by atoms with Crippen molar-refractivity contribution in [2.45, 2.75) is 6.10 Å². The molecule has 0 aliphatic carbocycles. The minimum atomic E-state index is -1.20. The maximum atomic E-state index is 11.6. The van der Waals surface area contributed by atoms with Gasteiger partial charge in [-0.25, -0.2) is 4.79 Å². The molecule has 0 aromatic heterocycles. The number of carbonyl (C=O) groups excluding carboxylic acids is 1. The third kappa shape index (κ3) is 3.54. The lowest BCUT2D eigenvalue weighted by atomic mass is 10.0. The zero-order chi connectivity index (χ0) is 17.8. The van der Waals surface area contributed by atoms with Crippen LogP contribution in [0.2, 0.25) is 0 Å². The fraction of sp³-hybridized carbons (Fsp3) is 0.0952. The van der Waals surface area contributed by atoms with Gasteiger partial charge in [0, 0.05) is 5.56 Å². The zero-order valence-electron chi connectivity index (χ0n) is 13.8. The van der Waals surface area contributed by atoms with Gasteiger partial charge in [0.1, 0.15) is 17.6 Å². The quantitative estimate of drug-likeness (QED) is 0.555. The molecule has 3 aromatic carbocycles. The van der Waals surface area contributed by atoms with Crippen molar-refractivity contribution < 1.29 is 19.4 Å². The summed E-state index contributed by atoms with van der Waals surface area (Å²) in [5.74, 6) is 0.436. The van der Waals surface area contributed by atoms with E-state index >= 15 is 0 Å². The molecule has 0 amide bonds. The molecule has 1 unspecified atom stereocenters. The normalized spacial score (nSPS) is 11.8. The Morgan fingerprint density at radius 2 is 1.68 bits per heavy atom. The minimum absolute atomic E-state index is 0.0444. The molecule has 0 saturated carbocycles. The summed E-state index contributed by atoms with van der Waals surface area (Å²) >= 11 is 0. The summed E-state index contributed by atoms with van der Waals surface area (Å²) < 4.78 is 10.6. The van der Waals surface area contributed by atoms with Crippen LogP contribution in [0.15, 0.2) is 78.9 Å². The molecule has 0 aliphatic rings. The largest absolute Gasteiger partial charge is 0.466 e. The van der Waals surface area contributed by atoms with Crippen LogP contribution in [0.4, 0.5) is 0 Å². The summed E-state index contributed by atoms with van der Waals surface area (Å²) in [6.07, 6.45) is -1.20. The highest BCUT2D eigenvalue weighted by molar-refractivity contribution is 5.89. The maximum Gasteiger partial charge on any atom is 0.336 e. The van der Waals surface area contributed by atoms with Crippen molar-refractivity contribution in [2.24, 2.45) is 0 Å². The first kappa shape index (κ1) is 16.7. The van der Waals surface area contributed by atoms with Crippen LogP contribution in [-0.4, -0.2) is 18.2 Å². The Bertz CT molecular complexity index is 930. The number of rotatable bonds is 5. The molecule has 0 heterocycles. The first-order valence-corrected chi connectivity index (χ1v) is 7.81. The molecule has 1 N–H and O–H groups in total. The summed E-state index contributed by atoms with van der Waals surface area (Å²) in [6.45, 7) is 3.61. The van der Waals surface area contributed by atoms with Crippen LogP contribution in [0.3, 0.4) is 0 Å². The number of aliphatic hydroxyl groups is 1. The molecule has 3 aromatic rings. The standard InChI is InChI=1S/C21H18O4/c1-14(21(23)24-2)20(22)18-9-5-6-10-19(18)25-17-12-11-15-7-3-4-8-16(15)13-17/h3-13,20,22H,1H2,2H3. The molecule has 0 saturated heterocycles. The third-order valence-corrected chi connectivity index (χ3v) is 3.94. The van der Waals surface area contributed by atoms with Gasteiger partial charge in [-0.3, -0.25) is 0 Å². The average molecular weight is 334 g/mol. The van der Waals surface area contributed by atoms with Crippen LogP contribution in [0.1, 0.15) is 11.7 Å². The predicted molar refractivity (Wildman–Crippen MR) is 96.6 cm³/mol. The number of fused-ring (bicyclic) bond motifs is 1. The summed E-state index contributed by atoms with van der Waals surface area (Å²) in [7, 11) is 1.25. The van der Waals surface area contributed by atoms with E-state index in [9.17, 15) is 9.90 Å². The topological polar surface area (TPSA) is 55.8 Å². The van der Waals surface area contributed by atoms with Crippen molar-refractivity contribution in [3.8, 4) is 11.5 Å². The second-order valence-electron chi connectivity index (χ2n) is 5.57. The lowest BCUT2D eigenvalue weighted by molar-refractivity contribution is -0.137. The Morgan fingerprint density at radius 3 is 2.44 bits per heavy atom. The van der Waals surface area contributed by atoms with Crippen LogP contribution < -0.4 is 4.74 Å².